The molecule has 1 aromatic heterocycles. The van der Waals surface area contributed by atoms with Crippen molar-refractivity contribution in [3.8, 4) is 12.1 Å². The number of ether oxygens (including phenoxy) is 2. The molecule has 0 radical (unpaired) electrons. The summed E-state index contributed by atoms with van der Waals surface area (Å²) in [5, 5.41) is 12.3. The predicted molar refractivity (Wildman–Crippen MR) is 179 cm³/mol. The van der Waals surface area contributed by atoms with Crippen LogP contribution in [0.2, 0.25) is 0 Å². The maximum absolute atomic E-state index is 12.7. The third-order valence-corrected chi connectivity index (χ3v) is 11.0. The first kappa shape index (κ1) is 30.3. The number of amides is 1. The van der Waals surface area contributed by atoms with Crippen molar-refractivity contribution in [3.05, 3.63) is 71.4 Å². The van der Waals surface area contributed by atoms with Crippen LogP contribution in [0.5, 0.6) is 6.01 Å². The molecule has 3 aromatic rings. The summed E-state index contributed by atoms with van der Waals surface area (Å²) in [6.07, 6.45) is 6.79. The molecule has 3 fully saturated rings. The van der Waals surface area contributed by atoms with Crippen LogP contribution in [0.25, 0.3) is 10.8 Å². The van der Waals surface area contributed by atoms with Gasteiger partial charge in [0, 0.05) is 76.7 Å². The largest absolute Gasteiger partial charge is 0.460 e. The van der Waals surface area contributed by atoms with E-state index in [0.29, 0.717) is 31.7 Å². The van der Waals surface area contributed by atoms with Crippen LogP contribution in [0.4, 0.5) is 5.82 Å². The minimum absolute atomic E-state index is 0.0739. The fourth-order valence-corrected chi connectivity index (χ4v) is 8.61. The minimum atomic E-state index is -0.233. The van der Waals surface area contributed by atoms with Crippen molar-refractivity contribution in [1.29, 1.82) is 5.26 Å². The smallest absolute Gasteiger partial charge is 0.318 e. The van der Waals surface area contributed by atoms with Crippen molar-refractivity contribution in [2.24, 2.45) is 0 Å². The molecule has 1 aliphatic carbocycles. The first-order valence-electron chi connectivity index (χ1n) is 17.3. The molecule has 10 heteroatoms. The van der Waals surface area contributed by atoms with Gasteiger partial charge in [-0.05, 0) is 60.1 Å². The number of hydrogen-bond acceptors (Lipinski definition) is 9. The minimum Gasteiger partial charge on any atom is -0.460 e. The van der Waals surface area contributed by atoms with E-state index in [1.165, 1.54) is 28.0 Å². The number of fused-ring (bicyclic) bond motifs is 1. The molecule has 2 aromatic carbocycles. The quantitative estimate of drug-likeness (QED) is 0.351. The van der Waals surface area contributed by atoms with Gasteiger partial charge in [-0.2, -0.15) is 15.2 Å². The Kier molecular flexibility index (Phi) is 8.30. The van der Waals surface area contributed by atoms with E-state index in [4.69, 9.17) is 19.4 Å². The molecule has 244 valence electrons. The topological polar surface area (TPSA) is 98.1 Å². The van der Waals surface area contributed by atoms with E-state index in [1.54, 1.807) is 4.90 Å². The van der Waals surface area contributed by atoms with Crippen molar-refractivity contribution in [1.82, 2.24) is 24.7 Å². The fraction of sp³-hybridized carbons (Fsp3) is 0.514. The number of benzene rings is 2. The van der Waals surface area contributed by atoms with Gasteiger partial charge in [0.25, 0.3) is 0 Å². The molecule has 5 aliphatic rings. The summed E-state index contributed by atoms with van der Waals surface area (Å²) in [6, 6.07) is 16.7. The monoisotopic (exact) mass is 633 g/mol. The number of rotatable bonds is 7. The van der Waals surface area contributed by atoms with Gasteiger partial charge in [-0.1, -0.05) is 43.0 Å². The standard InChI is InChI=1S/C37H43N7O3/c1-2-34(45)44-18-17-42(22-28(44)9-14-38)36-31-23-43(33-21-26-7-3-5-25-6-4-8-30(33)35(25)26)24-32(31)39-37(40-36)47-29-10-15-41(16-11-29)27-12-19-46-20-13-27/h2-8,27-29,33H,1,9-13,15-24H2/t28-,33?/m0/s1. The Bertz CT molecular complexity index is 1700. The van der Waals surface area contributed by atoms with Gasteiger partial charge in [0.15, 0.2) is 0 Å². The molecule has 1 unspecified atom stereocenters. The first-order valence-corrected chi connectivity index (χ1v) is 17.3. The highest BCUT2D eigenvalue weighted by Gasteiger charge is 2.38. The summed E-state index contributed by atoms with van der Waals surface area (Å²) in [6.45, 7) is 10.6. The van der Waals surface area contributed by atoms with Crippen LogP contribution >= 0.6 is 0 Å². The SMILES string of the molecule is C=CC(=O)N1CCN(c2nc(OC3CCN(C4CCOCC4)CC3)nc3c2CN(C2Cc4cccc5cccc2c45)C3)C[C@@H]1CC#N. The highest BCUT2D eigenvalue weighted by Crippen LogP contribution is 2.44. The van der Waals surface area contributed by atoms with Gasteiger partial charge in [-0.3, -0.25) is 14.6 Å². The number of carbonyl (C=O) groups excluding carboxylic acids is 1. The maximum Gasteiger partial charge on any atom is 0.318 e. The second-order valence-electron chi connectivity index (χ2n) is 13.6. The molecule has 4 aliphatic heterocycles. The van der Waals surface area contributed by atoms with Gasteiger partial charge in [-0.15, -0.1) is 0 Å². The lowest BCUT2D eigenvalue weighted by molar-refractivity contribution is -0.128. The van der Waals surface area contributed by atoms with Crippen LogP contribution in [0.15, 0.2) is 49.1 Å². The molecule has 1 amide bonds. The van der Waals surface area contributed by atoms with E-state index in [1.807, 2.05) is 0 Å². The fourth-order valence-electron chi connectivity index (χ4n) is 8.61. The van der Waals surface area contributed by atoms with Crippen molar-refractivity contribution in [2.75, 3.05) is 50.8 Å². The third kappa shape index (κ3) is 5.75. The van der Waals surface area contributed by atoms with Crippen LogP contribution < -0.4 is 9.64 Å². The predicted octanol–water partition coefficient (Wildman–Crippen LogP) is 4.38. The lowest BCUT2D eigenvalue weighted by atomic mass is 10.0. The molecule has 2 atom stereocenters. The molecule has 0 saturated carbocycles. The molecule has 0 bridgehead atoms. The Morgan fingerprint density at radius 1 is 1.02 bits per heavy atom. The molecule has 5 heterocycles. The van der Waals surface area contributed by atoms with Crippen molar-refractivity contribution < 1.29 is 14.3 Å². The Morgan fingerprint density at radius 3 is 2.62 bits per heavy atom. The van der Waals surface area contributed by atoms with Crippen LogP contribution in [-0.2, 0) is 29.0 Å². The van der Waals surface area contributed by atoms with E-state index >= 15 is 0 Å². The van der Waals surface area contributed by atoms with E-state index < -0.39 is 0 Å². The lowest BCUT2D eigenvalue weighted by Crippen LogP contribution is -2.55. The number of likely N-dealkylation sites (tertiary alicyclic amines) is 1. The van der Waals surface area contributed by atoms with Crippen LogP contribution in [0.1, 0.15) is 60.5 Å². The van der Waals surface area contributed by atoms with Gasteiger partial charge in [-0.25, -0.2) is 0 Å². The number of carbonyl (C=O) groups is 1. The molecule has 47 heavy (non-hydrogen) atoms. The molecule has 8 rings (SSSR count). The number of anilines is 1. The third-order valence-electron chi connectivity index (χ3n) is 11.0. The van der Waals surface area contributed by atoms with Crippen molar-refractivity contribution in [3.63, 3.8) is 0 Å². The molecular weight excluding hydrogens is 590 g/mol. The number of piperidine rings is 1. The molecular formula is C37H43N7O3. The number of piperazine rings is 1. The Labute approximate surface area is 276 Å². The number of nitrogens with zero attached hydrogens (tertiary/aromatic N) is 7. The summed E-state index contributed by atoms with van der Waals surface area (Å²) < 4.78 is 12.2. The van der Waals surface area contributed by atoms with Gasteiger partial charge in [0.05, 0.1) is 24.2 Å². The van der Waals surface area contributed by atoms with E-state index in [9.17, 15) is 10.1 Å². The van der Waals surface area contributed by atoms with E-state index in [2.05, 4.69) is 63.7 Å². The highest BCUT2D eigenvalue weighted by atomic mass is 16.5. The van der Waals surface area contributed by atoms with E-state index in [-0.39, 0.29) is 30.5 Å². The number of aromatic nitrogens is 2. The molecule has 0 N–H and O–H groups in total. The summed E-state index contributed by atoms with van der Waals surface area (Å²) in [4.78, 5) is 32.0. The molecule has 0 spiro atoms. The summed E-state index contributed by atoms with van der Waals surface area (Å²) in [5.74, 6) is 0.754. The Balaban J connectivity index is 1.06. The van der Waals surface area contributed by atoms with Crippen molar-refractivity contribution >= 4 is 22.5 Å². The van der Waals surface area contributed by atoms with E-state index in [0.717, 1.165) is 88.6 Å². The Morgan fingerprint density at radius 2 is 1.83 bits per heavy atom. The average molecular weight is 634 g/mol. The van der Waals surface area contributed by atoms with Crippen LogP contribution in [-0.4, -0.2) is 94.7 Å². The second kappa shape index (κ2) is 12.9. The van der Waals surface area contributed by atoms with Gasteiger partial charge >= 0.3 is 6.01 Å². The molecule has 10 nitrogen and oxygen atoms in total. The highest BCUT2D eigenvalue weighted by molar-refractivity contribution is 5.91. The van der Waals surface area contributed by atoms with Crippen LogP contribution in [0.3, 0.4) is 0 Å². The summed E-state index contributed by atoms with van der Waals surface area (Å²) in [7, 11) is 0. The Hall–Kier alpha value is -4.04. The van der Waals surface area contributed by atoms with Gasteiger partial charge in [0.1, 0.15) is 11.9 Å². The first-order chi connectivity index (χ1) is 23.1. The zero-order valence-electron chi connectivity index (χ0n) is 27.0. The lowest BCUT2D eigenvalue weighted by Gasteiger charge is -2.41. The van der Waals surface area contributed by atoms with Crippen molar-refractivity contribution in [2.45, 2.75) is 75.8 Å². The normalized spacial score (nSPS) is 24.0. The zero-order chi connectivity index (χ0) is 31.9. The summed E-state index contributed by atoms with van der Waals surface area (Å²) >= 11 is 0. The van der Waals surface area contributed by atoms with Gasteiger partial charge in [0.2, 0.25) is 5.91 Å². The summed E-state index contributed by atoms with van der Waals surface area (Å²) in [5.41, 5.74) is 4.95. The average Bonchev–Trinajstić information content (AvgIpc) is 3.71. The second-order valence-corrected chi connectivity index (χ2v) is 13.6. The number of hydrogen-bond donors (Lipinski definition) is 0. The number of nitriles is 1. The van der Waals surface area contributed by atoms with Crippen LogP contribution in [0, 0.1) is 11.3 Å². The molecule has 3 saturated heterocycles. The zero-order valence-corrected chi connectivity index (χ0v) is 27.0. The van der Waals surface area contributed by atoms with Gasteiger partial charge < -0.3 is 19.3 Å². The maximum atomic E-state index is 12.7.